The Kier molecular flexibility index (Phi) is 7.07. The zero-order valence-electron chi connectivity index (χ0n) is 18.8. The number of nitrogens with zero attached hydrogens (tertiary/aromatic N) is 3. The van der Waals surface area contributed by atoms with Gasteiger partial charge in [0.25, 0.3) is 5.56 Å². The van der Waals surface area contributed by atoms with E-state index >= 15 is 0 Å². The molecular formula is C25H27N5O3. The van der Waals surface area contributed by atoms with Gasteiger partial charge in [0.1, 0.15) is 17.7 Å². The van der Waals surface area contributed by atoms with Gasteiger partial charge in [-0.25, -0.2) is 9.78 Å². The third-order valence-corrected chi connectivity index (χ3v) is 5.22. The lowest BCUT2D eigenvalue weighted by Crippen LogP contribution is -2.27. The highest BCUT2D eigenvalue weighted by molar-refractivity contribution is 6.01. The Morgan fingerprint density at radius 1 is 1.15 bits per heavy atom. The number of carboxylic acid groups (broad SMARTS) is 1. The molecule has 170 valence electrons. The van der Waals surface area contributed by atoms with E-state index in [9.17, 15) is 9.59 Å². The van der Waals surface area contributed by atoms with Crippen molar-refractivity contribution in [1.82, 2.24) is 9.55 Å². The van der Waals surface area contributed by atoms with Crippen molar-refractivity contribution in [2.75, 3.05) is 0 Å². The number of nitrogens with two attached hydrogens (primary N) is 2. The topological polar surface area (TPSA) is 137 Å². The molecule has 8 heteroatoms. The minimum absolute atomic E-state index is 0.0672. The van der Waals surface area contributed by atoms with Crippen molar-refractivity contribution >= 4 is 22.7 Å². The van der Waals surface area contributed by atoms with Crippen LogP contribution in [-0.2, 0) is 4.79 Å². The number of carbonyl (C=O) groups is 1. The van der Waals surface area contributed by atoms with E-state index in [1.807, 2.05) is 56.3 Å². The third-order valence-electron chi connectivity index (χ3n) is 5.22. The van der Waals surface area contributed by atoms with Crippen LogP contribution in [0.3, 0.4) is 0 Å². The van der Waals surface area contributed by atoms with Gasteiger partial charge in [0.05, 0.1) is 16.6 Å². The summed E-state index contributed by atoms with van der Waals surface area (Å²) in [4.78, 5) is 34.0. The Hall–Kier alpha value is -4.20. The quantitative estimate of drug-likeness (QED) is 0.221. The Morgan fingerprint density at radius 2 is 1.85 bits per heavy atom. The Balaban J connectivity index is 2.28. The summed E-state index contributed by atoms with van der Waals surface area (Å²) in [5, 5.41) is 9.51. The molecule has 0 aliphatic heterocycles. The summed E-state index contributed by atoms with van der Waals surface area (Å²) in [6.45, 7) is 5.40. The van der Waals surface area contributed by atoms with Crippen LogP contribution < -0.4 is 17.0 Å². The summed E-state index contributed by atoms with van der Waals surface area (Å²) in [7, 11) is 0. The summed E-state index contributed by atoms with van der Waals surface area (Å²) in [6.07, 6.45) is 2.76. The molecular weight excluding hydrogens is 418 g/mol. The number of para-hydroxylation sites is 1. The van der Waals surface area contributed by atoms with Crippen molar-refractivity contribution < 1.29 is 9.90 Å². The number of carboxylic acids is 1. The molecule has 1 heterocycles. The van der Waals surface area contributed by atoms with Crippen LogP contribution >= 0.6 is 0 Å². The minimum atomic E-state index is -1.13. The molecule has 8 nitrogen and oxygen atoms in total. The predicted octanol–water partition coefficient (Wildman–Crippen LogP) is 3.38. The molecule has 0 fully saturated rings. The Bertz CT molecular complexity index is 1330. The SMILES string of the molecule is CCC(N=C(N)C(/C=C/C(=O)O)=C(/C)N)c1nc2cccc(C)c2c(=O)n1-c1ccccc1. The molecule has 0 radical (unpaired) electrons. The Labute approximate surface area is 191 Å². The lowest BCUT2D eigenvalue weighted by atomic mass is 10.1. The molecule has 0 amide bonds. The van der Waals surface area contributed by atoms with Gasteiger partial charge in [0.2, 0.25) is 0 Å². The van der Waals surface area contributed by atoms with E-state index in [4.69, 9.17) is 21.6 Å². The number of aliphatic carboxylic acids is 1. The third kappa shape index (κ3) is 5.01. The molecule has 0 spiro atoms. The van der Waals surface area contributed by atoms with E-state index < -0.39 is 12.0 Å². The number of hydrogen-bond acceptors (Lipinski definition) is 5. The van der Waals surface area contributed by atoms with Crippen molar-refractivity contribution in [3.05, 3.63) is 93.7 Å². The fourth-order valence-electron chi connectivity index (χ4n) is 3.61. The van der Waals surface area contributed by atoms with Crippen LogP contribution in [0.25, 0.3) is 16.6 Å². The van der Waals surface area contributed by atoms with E-state index in [-0.39, 0.29) is 11.4 Å². The van der Waals surface area contributed by atoms with Crippen LogP contribution in [0.4, 0.5) is 0 Å². The molecule has 2 aromatic carbocycles. The average Bonchev–Trinajstić information content (AvgIpc) is 2.77. The van der Waals surface area contributed by atoms with Crippen LogP contribution in [0.2, 0.25) is 0 Å². The second-order valence-corrected chi connectivity index (χ2v) is 7.62. The number of allylic oxidation sites excluding steroid dienone is 1. The molecule has 0 saturated carbocycles. The van der Waals surface area contributed by atoms with Gasteiger partial charge in [0, 0.05) is 17.3 Å². The predicted molar refractivity (Wildman–Crippen MR) is 130 cm³/mol. The number of aliphatic imine (C=N–C) groups is 1. The lowest BCUT2D eigenvalue weighted by molar-refractivity contribution is -0.131. The molecule has 1 atom stereocenters. The molecule has 0 saturated heterocycles. The molecule has 3 rings (SSSR count). The second-order valence-electron chi connectivity index (χ2n) is 7.62. The van der Waals surface area contributed by atoms with Crippen LogP contribution in [0.1, 0.15) is 37.7 Å². The monoisotopic (exact) mass is 445 g/mol. The first-order chi connectivity index (χ1) is 15.7. The van der Waals surface area contributed by atoms with Gasteiger partial charge < -0.3 is 16.6 Å². The maximum absolute atomic E-state index is 13.6. The summed E-state index contributed by atoms with van der Waals surface area (Å²) >= 11 is 0. The maximum atomic E-state index is 13.6. The number of fused-ring (bicyclic) bond motifs is 1. The molecule has 0 bridgehead atoms. The molecule has 3 aromatic rings. The highest BCUT2D eigenvalue weighted by Gasteiger charge is 2.21. The fraction of sp³-hybridized carbons (Fsp3) is 0.200. The van der Waals surface area contributed by atoms with Gasteiger partial charge in [-0.1, -0.05) is 37.3 Å². The lowest BCUT2D eigenvalue weighted by Gasteiger charge is -2.19. The zero-order valence-corrected chi connectivity index (χ0v) is 18.8. The van der Waals surface area contributed by atoms with Crippen molar-refractivity contribution in [3.63, 3.8) is 0 Å². The van der Waals surface area contributed by atoms with E-state index in [0.717, 1.165) is 11.6 Å². The van der Waals surface area contributed by atoms with Crippen molar-refractivity contribution in [2.45, 2.75) is 33.2 Å². The smallest absolute Gasteiger partial charge is 0.328 e. The highest BCUT2D eigenvalue weighted by atomic mass is 16.4. The summed E-state index contributed by atoms with van der Waals surface area (Å²) < 4.78 is 1.56. The first-order valence-corrected chi connectivity index (χ1v) is 10.5. The van der Waals surface area contributed by atoms with Crippen LogP contribution in [-0.4, -0.2) is 26.5 Å². The summed E-state index contributed by atoms with van der Waals surface area (Å²) in [6, 6.07) is 14.2. The standard InChI is InChI=1S/C25H27N5O3/c1-4-19(28-23(27)18(16(3)26)13-14-21(31)32)24-29-20-12-8-9-15(2)22(20)25(33)30(24)17-10-6-5-7-11-17/h5-14,19H,4,26H2,1-3H3,(H2,27,28)(H,31,32)/b14-13+,18-16-. The van der Waals surface area contributed by atoms with Gasteiger partial charge >= 0.3 is 5.97 Å². The molecule has 0 aliphatic rings. The normalized spacial score (nSPS) is 13.8. The average molecular weight is 446 g/mol. The zero-order chi connectivity index (χ0) is 24.1. The largest absolute Gasteiger partial charge is 0.478 e. The first-order valence-electron chi connectivity index (χ1n) is 10.5. The summed E-state index contributed by atoms with van der Waals surface area (Å²) in [5.74, 6) is -0.624. The molecule has 33 heavy (non-hydrogen) atoms. The number of rotatable bonds is 7. The van der Waals surface area contributed by atoms with E-state index in [1.54, 1.807) is 17.6 Å². The van der Waals surface area contributed by atoms with Crippen LogP contribution in [0, 0.1) is 6.92 Å². The van der Waals surface area contributed by atoms with Crippen molar-refractivity contribution in [1.29, 1.82) is 0 Å². The number of aromatic nitrogens is 2. The molecule has 5 N–H and O–H groups in total. The van der Waals surface area contributed by atoms with E-state index in [0.29, 0.717) is 40.1 Å². The van der Waals surface area contributed by atoms with Gasteiger partial charge in [0.15, 0.2) is 0 Å². The minimum Gasteiger partial charge on any atom is -0.478 e. The van der Waals surface area contributed by atoms with Gasteiger partial charge in [-0.3, -0.25) is 14.4 Å². The number of aryl methyl sites for hydroxylation is 1. The highest BCUT2D eigenvalue weighted by Crippen LogP contribution is 2.25. The Morgan fingerprint density at radius 3 is 2.45 bits per heavy atom. The van der Waals surface area contributed by atoms with Gasteiger partial charge in [-0.2, -0.15) is 0 Å². The molecule has 1 aromatic heterocycles. The van der Waals surface area contributed by atoms with E-state index in [1.165, 1.54) is 6.08 Å². The van der Waals surface area contributed by atoms with Gasteiger partial charge in [-0.15, -0.1) is 0 Å². The molecule has 1 unspecified atom stereocenters. The molecule has 0 aliphatic carbocycles. The maximum Gasteiger partial charge on any atom is 0.328 e. The summed E-state index contributed by atoms with van der Waals surface area (Å²) in [5.41, 5.74) is 14.7. The van der Waals surface area contributed by atoms with Crippen LogP contribution in [0.15, 0.2) is 81.7 Å². The number of amidine groups is 1. The number of benzene rings is 2. The van der Waals surface area contributed by atoms with Crippen molar-refractivity contribution in [2.24, 2.45) is 16.5 Å². The van der Waals surface area contributed by atoms with E-state index in [2.05, 4.69) is 4.99 Å². The number of hydrogen-bond donors (Lipinski definition) is 3. The van der Waals surface area contributed by atoms with Crippen molar-refractivity contribution in [3.8, 4) is 5.69 Å². The van der Waals surface area contributed by atoms with Crippen LogP contribution in [0.5, 0.6) is 0 Å². The first kappa shape index (κ1) is 23.5. The second kappa shape index (κ2) is 9.95. The van der Waals surface area contributed by atoms with Gasteiger partial charge in [-0.05, 0) is 50.1 Å². The fourth-order valence-corrected chi connectivity index (χ4v) is 3.61.